The molecule has 0 aromatic heterocycles. The van der Waals surface area contributed by atoms with Gasteiger partial charge in [-0.05, 0) is 90.3 Å². The molecule has 1 saturated heterocycles. The lowest BCUT2D eigenvalue weighted by molar-refractivity contribution is -0.128. The van der Waals surface area contributed by atoms with E-state index in [2.05, 4.69) is 19.1 Å². The van der Waals surface area contributed by atoms with Gasteiger partial charge in [-0.25, -0.2) is 4.79 Å². The first-order chi connectivity index (χ1) is 19.4. The fourth-order valence-corrected chi connectivity index (χ4v) is 5.47. The fraction of sp³-hybridized carbons (Fsp3) is 0.353. The summed E-state index contributed by atoms with van der Waals surface area (Å²) in [5, 5.41) is 11.8. The molecular formula is C34H38ClNO4. The SMILES string of the molecule is CCCCc1cc(Cl)ccc1-c1cccc(C(O)/C=C/[C@H]2CCC(=O)N2CCCc2ccc(C(=O)OC)cc2)c1. The number of aryl methyl sites for hydroxylation is 2. The van der Waals surface area contributed by atoms with E-state index in [1.165, 1.54) is 12.7 Å². The lowest BCUT2D eigenvalue weighted by atomic mass is 9.94. The van der Waals surface area contributed by atoms with Crippen LogP contribution < -0.4 is 0 Å². The van der Waals surface area contributed by atoms with Crippen LogP contribution in [0.25, 0.3) is 11.1 Å². The topological polar surface area (TPSA) is 66.8 Å². The predicted molar refractivity (Wildman–Crippen MR) is 160 cm³/mol. The second-order valence-electron chi connectivity index (χ2n) is 10.3. The van der Waals surface area contributed by atoms with E-state index in [-0.39, 0.29) is 17.9 Å². The number of ether oxygens (including phenoxy) is 1. The molecule has 40 heavy (non-hydrogen) atoms. The highest BCUT2D eigenvalue weighted by Crippen LogP contribution is 2.30. The van der Waals surface area contributed by atoms with Crippen LogP contribution in [0.3, 0.4) is 0 Å². The molecule has 0 radical (unpaired) electrons. The van der Waals surface area contributed by atoms with Crippen LogP contribution in [0.2, 0.25) is 5.02 Å². The fourth-order valence-electron chi connectivity index (χ4n) is 5.28. The number of aliphatic hydroxyl groups excluding tert-OH is 1. The summed E-state index contributed by atoms with van der Waals surface area (Å²) in [7, 11) is 1.37. The number of methoxy groups -OCH3 is 1. The van der Waals surface area contributed by atoms with Gasteiger partial charge in [-0.15, -0.1) is 0 Å². The van der Waals surface area contributed by atoms with E-state index in [0.717, 1.165) is 65.8 Å². The van der Waals surface area contributed by atoms with Gasteiger partial charge in [-0.2, -0.15) is 0 Å². The molecule has 1 heterocycles. The third kappa shape index (κ3) is 7.61. The van der Waals surface area contributed by atoms with Gasteiger partial charge in [0.05, 0.1) is 24.8 Å². The molecule has 1 aliphatic heterocycles. The van der Waals surface area contributed by atoms with Crippen LogP contribution in [0, 0.1) is 0 Å². The number of benzene rings is 3. The van der Waals surface area contributed by atoms with Crippen LogP contribution in [0.15, 0.2) is 78.9 Å². The number of rotatable bonds is 12. The summed E-state index contributed by atoms with van der Waals surface area (Å²) >= 11 is 6.28. The summed E-state index contributed by atoms with van der Waals surface area (Å²) in [6.45, 7) is 2.83. The first kappa shape index (κ1) is 29.6. The number of likely N-dealkylation sites (tertiary alicyclic amines) is 1. The van der Waals surface area contributed by atoms with Crippen molar-refractivity contribution in [2.24, 2.45) is 0 Å². The molecule has 1 fully saturated rings. The number of carbonyl (C=O) groups is 2. The van der Waals surface area contributed by atoms with Crippen molar-refractivity contribution in [3.05, 3.63) is 106 Å². The molecule has 1 unspecified atom stereocenters. The molecule has 3 aromatic carbocycles. The number of hydrogen-bond acceptors (Lipinski definition) is 4. The van der Waals surface area contributed by atoms with Crippen LogP contribution in [-0.4, -0.2) is 41.6 Å². The summed E-state index contributed by atoms with van der Waals surface area (Å²) in [6, 6.07) is 21.4. The van der Waals surface area contributed by atoms with Crippen molar-refractivity contribution < 1.29 is 19.4 Å². The molecule has 5 nitrogen and oxygen atoms in total. The number of halogens is 1. The minimum Gasteiger partial charge on any atom is -0.465 e. The Balaban J connectivity index is 1.38. The quantitative estimate of drug-likeness (QED) is 0.186. The predicted octanol–water partition coefficient (Wildman–Crippen LogP) is 7.35. The van der Waals surface area contributed by atoms with E-state index in [1.54, 1.807) is 18.2 Å². The van der Waals surface area contributed by atoms with Crippen molar-refractivity contribution >= 4 is 23.5 Å². The molecule has 1 amide bonds. The average Bonchev–Trinajstić information content (AvgIpc) is 3.33. The third-order valence-electron chi connectivity index (χ3n) is 7.54. The van der Waals surface area contributed by atoms with Crippen molar-refractivity contribution in [2.45, 2.75) is 64.0 Å². The van der Waals surface area contributed by atoms with Gasteiger partial charge in [0.2, 0.25) is 5.91 Å². The zero-order valence-electron chi connectivity index (χ0n) is 23.3. The van der Waals surface area contributed by atoms with Crippen molar-refractivity contribution in [1.82, 2.24) is 4.90 Å². The van der Waals surface area contributed by atoms with E-state index in [4.69, 9.17) is 16.3 Å². The molecule has 4 rings (SSSR count). The van der Waals surface area contributed by atoms with Crippen LogP contribution >= 0.6 is 11.6 Å². The standard InChI is InChI=1S/C34H38ClNO4/c1-3-4-8-27-23-29(35)15-18-31(27)26-9-5-10-28(22-26)32(37)19-16-30-17-20-33(38)36(30)21-6-7-24-11-13-25(14-12-24)34(39)40-2/h5,9-16,18-19,22-23,30,32,37H,3-4,6-8,17,20-21H2,1-2H3/b19-16+/t30-,32?/m0/s1. The Morgan fingerprint density at radius 2 is 1.90 bits per heavy atom. The van der Waals surface area contributed by atoms with Crippen molar-refractivity contribution in [1.29, 1.82) is 0 Å². The maximum atomic E-state index is 12.6. The summed E-state index contributed by atoms with van der Waals surface area (Å²) in [6.07, 6.45) is 9.08. The highest BCUT2D eigenvalue weighted by atomic mass is 35.5. The smallest absolute Gasteiger partial charge is 0.337 e. The highest BCUT2D eigenvalue weighted by molar-refractivity contribution is 6.30. The Bertz CT molecular complexity index is 1330. The van der Waals surface area contributed by atoms with Gasteiger partial charge in [0.1, 0.15) is 0 Å². The first-order valence-corrected chi connectivity index (χ1v) is 14.5. The molecule has 210 valence electrons. The Morgan fingerprint density at radius 3 is 2.65 bits per heavy atom. The Kier molecular flexibility index (Phi) is 10.6. The van der Waals surface area contributed by atoms with Crippen LogP contribution in [-0.2, 0) is 22.4 Å². The second-order valence-corrected chi connectivity index (χ2v) is 10.8. The minimum atomic E-state index is -0.766. The average molecular weight is 560 g/mol. The number of esters is 1. The minimum absolute atomic E-state index is 0.0241. The molecule has 2 atom stereocenters. The number of amides is 1. The maximum absolute atomic E-state index is 12.6. The lowest BCUT2D eigenvalue weighted by Crippen LogP contribution is -2.33. The normalized spacial score (nSPS) is 16.1. The summed E-state index contributed by atoms with van der Waals surface area (Å²) < 4.78 is 4.75. The number of hydrogen-bond donors (Lipinski definition) is 1. The number of aliphatic hydroxyl groups is 1. The largest absolute Gasteiger partial charge is 0.465 e. The van der Waals surface area contributed by atoms with Crippen LogP contribution in [0.5, 0.6) is 0 Å². The second kappa shape index (κ2) is 14.3. The molecule has 1 N–H and O–H groups in total. The molecule has 0 aliphatic carbocycles. The first-order valence-electron chi connectivity index (χ1n) is 14.1. The zero-order valence-corrected chi connectivity index (χ0v) is 24.1. The Hall–Kier alpha value is -3.41. The van der Waals surface area contributed by atoms with Gasteiger partial charge in [0.15, 0.2) is 0 Å². The van der Waals surface area contributed by atoms with Crippen molar-refractivity contribution in [3.8, 4) is 11.1 Å². The molecule has 0 spiro atoms. The number of carbonyl (C=O) groups excluding carboxylic acids is 2. The molecule has 1 aliphatic rings. The lowest BCUT2D eigenvalue weighted by Gasteiger charge is -2.23. The number of nitrogens with zero attached hydrogens (tertiary/aromatic N) is 1. The molecule has 0 saturated carbocycles. The molecule has 6 heteroatoms. The molecule has 3 aromatic rings. The van der Waals surface area contributed by atoms with E-state index in [0.29, 0.717) is 18.5 Å². The van der Waals surface area contributed by atoms with Crippen LogP contribution in [0.4, 0.5) is 0 Å². The summed E-state index contributed by atoms with van der Waals surface area (Å²) in [5.41, 5.74) is 5.88. The van der Waals surface area contributed by atoms with Gasteiger partial charge in [-0.3, -0.25) is 4.79 Å². The monoisotopic (exact) mass is 559 g/mol. The Morgan fingerprint density at radius 1 is 1.10 bits per heavy atom. The zero-order chi connectivity index (χ0) is 28.5. The maximum Gasteiger partial charge on any atom is 0.337 e. The molecule has 0 bridgehead atoms. The van der Waals surface area contributed by atoms with Crippen LogP contribution in [0.1, 0.15) is 72.2 Å². The number of unbranched alkanes of at least 4 members (excludes halogenated alkanes) is 1. The van der Waals surface area contributed by atoms with Gasteiger partial charge in [0.25, 0.3) is 0 Å². The van der Waals surface area contributed by atoms with Gasteiger partial charge >= 0.3 is 5.97 Å². The van der Waals surface area contributed by atoms with Crippen molar-refractivity contribution in [3.63, 3.8) is 0 Å². The van der Waals surface area contributed by atoms with E-state index < -0.39 is 6.10 Å². The van der Waals surface area contributed by atoms with E-state index in [9.17, 15) is 14.7 Å². The third-order valence-corrected chi connectivity index (χ3v) is 7.77. The van der Waals surface area contributed by atoms with Gasteiger partial charge in [-0.1, -0.05) is 73.5 Å². The Labute approximate surface area is 242 Å². The molecular weight excluding hydrogens is 522 g/mol. The summed E-state index contributed by atoms with van der Waals surface area (Å²) in [4.78, 5) is 26.1. The van der Waals surface area contributed by atoms with E-state index >= 15 is 0 Å². The highest BCUT2D eigenvalue weighted by Gasteiger charge is 2.28. The van der Waals surface area contributed by atoms with Gasteiger partial charge < -0.3 is 14.7 Å². The van der Waals surface area contributed by atoms with Gasteiger partial charge in [0, 0.05) is 18.0 Å². The van der Waals surface area contributed by atoms with E-state index in [1.807, 2.05) is 53.4 Å². The summed E-state index contributed by atoms with van der Waals surface area (Å²) in [5.74, 6) is -0.200. The van der Waals surface area contributed by atoms with Crippen molar-refractivity contribution in [2.75, 3.05) is 13.7 Å².